The summed E-state index contributed by atoms with van der Waals surface area (Å²) in [5.74, 6) is 1.48. The molecule has 5 heteroatoms. The standard InChI is InChI=1S/C19H25N3O2/c1-3-24-17-10-9-15(13-14(17)2)19(23)21-18-11-12-20-22(18)16-7-5-4-6-8-16/h9-13,16H,3-8H2,1-2H3,(H,21,23). The molecular formula is C19H25N3O2. The maximum atomic E-state index is 12.6. The summed E-state index contributed by atoms with van der Waals surface area (Å²) in [6.07, 6.45) is 7.78. The number of hydrogen-bond donors (Lipinski definition) is 1. The van der Waals surface area contributed by atoms with Gasteiger partial charge in [0, 0.05) is 11.6 Å². The quantitative estimate of drug-likeness (QED) is 0.888. The number of nitrogens with one attached hydrogen (secondary N) is 1. The molecule has 0 saturated heterocycles. The van der Waals surface area contributed by atoms with E-state index in [2.05, 4.69) is 10.4 Å². The van der Waals surface area contributed by atoms with Crippen LogP contribution in [0.25, 0.3) is 0 Å². The van der Waals surface area contributed by atoms with Gasteiger partial charge in [-0.1, -0.05) is 19.3 Å². The van der Waals surface area contributed by atoms with Crippen molar-refractivity contribution in [1.82, 2.24) is 9.78 Å². The third kappa shape index (κ3) is 3.61. The van der Waals surface area contributed by atoms with Crippen molar-refractivity contribution >= 4 is 11.7 Å². The lowest BCUT2D eigenvalue weighted by Gasteiger charge is -2.23. The average Bonchev–Trinajstić information content (AvgIpc) is 3.05. The molecule has 0 unspecified atom stereocenters. The summed E-state index contributed by atoms with van der Waals surface area (Å²) >= 11 is 0. The van der Waals surface area contributed by atoms with E-state index in [0.29, 0.717) is 18.2 Å². The number of anilines is 1. The highest BCUT2D eigenvalue weighted by molar-refractivity contribution is 6.04. The van der Waals surface area contributed by atoms with Crippen LogP contribution in [-0.4, -0.2) is 22.3 Å². The second kappa shape index (κ2) is 7.51. The highest BCUT2D eigenvalue weighted by atomic mass is 16.5. The van der Waals surface area contributed by atoms with Crippen molar-refractivity contribution in [2.45, 2.75) is 52.0 Å². The molecule has 1 amide bonds. The Hall–Kier alpha value is -2.30. The van der Waals surface area contributed by atoms with E-state index in [9.17, 15) is 4.79 Å². The van der Waals surface area contributed by atoms with Gasteiger partial charge in [0.15, 0.2) is 0 Å². The van der Waals surface area contributed by atoms with Crippen LogP contribution in [0.1, 0.15) is 61.0 Å². The summed E-state index contributed by atoms with van der Waals surface area (Å²) < 4.78 is 7.50. The molecule has 0 radical (unpaired) electrons. The Labute approximate surface area is 143 Å². The molecule has 5 nitrogen and oxygen atoms in total. The van der Waals surface area contributed by atoms with Crippen LogP contribution in [0.2, 0.25) is 0 Å². The molecule has 0 bridgehead atoms. The lowest BCUT2D eigenvalue weighted by Crippen LogP contribution is -2.20. The smallest absolute Gasteiger partial charge is 0.256 e. The highest BCUT2D eigenvalue weighted by Gasteiger charge is 2.19. The Kier molecular flexibility index (Phi) is 5.18. The molecule has 0 aliphatic heterocycles. The van der Waals surface area contributed by atoms with Crippen molar-refractivity contribution in [3.63, 3.8) is 0 Å². The van der Waals surface area contributed by atoms with E-state index >= 15 is 0 Å². The fourth-order valence-corrected chi connectivity index (χ4v) is 3.33. The van der Waals surface area contributed by atoms with Crippen LogP contribution in [0.5, 0.6) is 5.75 Å². The van der Waals surface area contributed by atoms with Crippen molar-refractivity contribution in [3.8, 4) is 5.75 Å². The second-order valence-corrected chi connectivity index (χ2v) is 6.32. The summed E-state index contributed by atoms with van der Waals surface area (Å²) in [6.45, 7) is 4.52. The van der Waals surface area contributed by atoms with E-state index in [1.165, 1.54) is 19.3 Å². The fourth-order valence-electron chi connectivity index (χ4n) is 3.33. The van der Waals surface area contributed by atoms with Crippen LogP contribution in [0.15, 0.2) is 30.5 Å². The molecule has 1 aromatic heterocycles. The third-order valence-corrected chi connectivity index (χ3v) is 4.57. The molecule has 3 rings (SSSR count). The molecule has 1 heterocycles. The van der Waals surface area contributed by atoms with Crippen LogP contribution in [-0.2, 0) is 0 Å². The van der Waals surface area contributed by atoms with Crippen molar-refractivity contribution in [2.24, 2.45) is 0 Å². The number of ether oxygens (including phenoxy) is 1. The first-order valence-electron chi connectivity index (χ1n) is 8.77. The average molecular weight is 327 g/mol. The molecule has 1 aliphatic carbocycles. The topological polar surface area (TPSA) is 56.1 Å². The molecule has 1 saturated carbocycles. The SMILES string of the molecule is CCOc1ccc(C(=O)Nc2ccnn2C2CCCCC2)cc1C. The zero-order valence-corrected chi connectivity index (χ0v) is 14.4. The predicted octanol–water partition coefficient (Wildman–Crippen LogP) is 4.35. The number of aromatic nitrogens is 2. The maximum absolute atomic E-state index is 12.6. The van der Waals surface area contributed by atoms with Gasteiger partial charge in [-0.25, -0.2) is 4.68 Å². The number of nitrogens with zero attached hydrogens (tertiary/aromatic N) is 2. The van der Waals surface area contributed by atoms with Crippen LogP contribution in [0, 0.1) is 6.92 Å². The van der Waals surface area contributed by atoms with Crippen LogP contribution >= 0.6 is 0 Å². The summed E-state index contributed by atoms with van der Waals surface area (Å²) in [7, 11) is 0. The van der Waals surface area contributed by atoms with Gasteiger partial charge in [-0.2, -0.15) is 5.10 Å². The van der Waals surface area contributed by atoms with Crippen LogP contribution in [0.4, 0.5) is 5.82 Å². The zero-order valence-electron chi connectivity index (χ0n) is 14.4. The molecule has 1 aliphatic rings. The van der Waals surface area contributed by atoms with Gasteiger partial charge in [-0.3, -0.25) is 4.79 Å². The number of rotatable bonds is 5. The van der Waals surface area contributed by atoms with Crippen molar-refractivity contribution < 1.29 is 9.53 Å². The zero-order chi connectivity index (χ0) is 16.9. The Bertz CT molecular complexity index is 702. The van der Waals surface area contributed by atoms with Gasteiger partial charge in [0.1, 0.15) is 11.6 Å². The molecule has 24 heavy (non-hydrogen) atoms. The lowest BCUT2D eigenvalue weighted by atomic mass is 9.96. The second-order valence-electron chi connectivity index (χ2n) is 6.32. The Morgan fingerprint density at radius 3 is 2.79 bits per heavy atom. The van der Waals surface area contributed by atoms with Crippen molar-refractivity contribution in [3.05, 3.63) is 41.6 Å². The molecule has 1 N–H and O–H groups in total. The summed E-state index contributed by atoms with van der Waals surface area (Å²) in [5.41, 5.74) is 1.60. The van der Waals surface area contributed by atoms with Gasteiger partial charge in [-0.15, -0.1) is 0 Å². The normalized spacial score (nSPS) is 15.2. The van der Waals surface area contributed by atoms with Gasteiger partial charge in [0.2, 0.25) is 0 Å². The number of carbonyl (C=O) groups is 1. The number of amides is 1. The highest BCUT2D eigenvalue weighted by Crippen LogP contribution is 2.30. The van der Waals surface area contributed by atoms with Gasteiger partial charge in [-0.05, 0) is 50.5 Å². The molecule has 0 atom stereocenters. The van der Waals surface area contributed by atoms with Gasteiger partial charge < -0.3 is 10.1 Å². The molecule has 2 aromatic rings. The van der Waals surface area contributed by atoms with Crippen molar-refractivity contribution in [2.75, 3.05) is 11.9 Å². The lowest BCUT2D eigenvalue weighted by molar-refractivity contribution is 0.102. The summed E-state index contributed by atoms with van der Waals surface area (Å²) in [4.78, 5) is 12.6. The van der Waals surface area contributed by atoms with Crippen LogP contribution in [0.3, 0.4) is 0 Å². The Balaban J connectivity index is 1.73. The number of carbonyl (C=O) groups excluding carboxylic acids is 1. The molecular weight excluding hydrogens is 302 g/mol. The van der Waals surface area contributed by atoms with Gasteiger partial charge >= 0.3 is 0 Å². The first-order chi connectivity index (χ1) is 11.7. The molecule has 0 spiro atoms. The minimum absolute atomic E-state index is 0.112. The van der Waals surface area contributed by atoms with E-state index in [1.54, 1.807) is 12.3 Å². The van der Waals surface area contributed by atoms with Gasteiger partial charge in [0.05, 0.1) is 18.8 Å². The molecule has 1 fully saturated rings. The molecule has 1 aromatic carbocycles. The van der Waals surface area contributed by atoms with E-state index in [0.717, 1.165) is 30.0 Å². The molecule has 128 valence electrons. The van der Waals surface area contributed by atoms with E-state index in [1.807, 2.05) is 36.7 Å². The van der Waals surface area contributed by atoms with E-state index in [-0.39, 0.29) is 5.91 Å². The summed E-state index contributed by atoms with van der Waals surface area (Å²) in [6, 6.07) is 7.78. The predicted molar refractivity (Wildman–Crippen MR) is 94.7 cm³/mol. The first-order valence-corrected chi connectivity index (χ1v) is 8.77. The number of aryl methyl sites for hydroxylation is 1. The Morgan fingerprint density at radius 1 is 1.29 bits per heavy atom. The van der Waals surface area contributed by atoms with Crippen LogP contribution < -0.4 is 10.1 Å². The minimum Gasteiger partial charge on any atom is -0.494 e. The summed E-state index contributed by atoms with van der Waals surface area (Å²) in [5, 5.41) is 7.43. The largest absolute Gasteiger partial charge is 0.494 e. The monoisotopic (exact) mass is 327 g/mol. The van der Waals surface area contributed by atoms with Gasteiger partial charge in [0.25, 0.3) is 5.91 Å². The number of benzene rings is 1. The number of hydrogen-bond acceptors (Lipinski definition) is 3. The van der Waals surface area contributed by atoms with E-state index < -0.39 is 0 Å². The minimum atomic E-state index is -0.112. The van der Waals surface area contributed by atoms with Crippen molar-refractivity contribution in [1.29, 1.82) is 0 Å². The Morgan fingerprint density at radius 2 is 2.08 bits per heavy atom. The van der Waals surface area contributed by atoms with E-state index in [4.69, 9.17) is 4.74 Å². The first kappa shape index (κ1) is 16.6. The maximum Gasteiger partial charge on any atom is 0.256 e. The third-order valence-electron chi connectivity index (χ3n) is 4.57. The fraction of sp³-hybridized carbons (Fsp3) is 0.474.